The molecule has 1 N–H and O–H groups in total. The lowest BCUT2D eigenvalue weighted by Crippen LogP contribution is -2.10. The third kappa shape index (κ3) is 4.75. The van der Waals surface area contributed by atoms with Gasteiger partial charge in [-0.3, -0.25) is 9.59 Å². The number of rotatable bonds is 5. The van der Waals surface area contributed by atoms with E-state index in [2.05, 4.69) is 5.32 Å². The summed E-state index contributed by atoms with van der Waals surface area (Å²) < 4.78 is 0. The first-order valence-electron chi connectivity index (χ1n) is 5.92. The highest BCUT2D eigenvalue weighted by Crippen LogP contribution is 2.23. The number of carbonyl (C=O) groups is 2. The summed E-state index contributed by atoms with van der Waals surface area (Å²) in [6.07, 6.45) is 3.49. The van der Waals surface area contributed by atoms with Crippen molar-refractivity contribution in [1.82, 2.24) is 4.90 Å². The molecule has 0 bridgehead atoms. The fraction of sp³-hybridized carbons (Fsp3) is 0.286. The Hall–Kier alpha value is -1.81. The minimum absolute atomic E-state index is 0.141. The zero-order chi connectivity index (χ0) is 14.4. The van der Waals surface area contributed by atoms with Gasteiger partial charge in [-0.05, 0) is 18.2 Å². The molecule has 1 aromatic carbocycles. The van der Waals surface area contributed by atoms with Crippen LogP contribution in [0.1, 0.15) is 23.7 Å². The molecule has 1 amide bonds. The Morgan fingerprint density at radius 2 is 2.05 bits per heavy atom. The largest absolute Gasteiger partial charge is 0.383 e. The van der Waals surface area contributed by atoms with Gasteiger partial charge in [0.25, 0.3) is 0 Å². The average Bonchev–Trinajstić information content (AvgIpc) is 2.38. The number of hydrogen-bond acceptors (Lipinski definition) is 3. The maximum absolute atomic E-state index is 11.9. The molecule has 0 heterocycles. The molecular formula is C14H17ClN2O2. The number of halogens is 1. The highest BCUT2D eigenvalue weighted by atomic mass is 35.5. The molecule has 0 saturated carbocycles. The Balaban J connectivity index is 2.95. The molecule has 0 fully saturated rings. The highest BCUT2D eigenvalue weighted by Gasteiger charge is 2.08. The molecule has 5 heteroatoms. The summed E-state index contributed by atoms with van der Waals surface area (Å²) in [6, 6.07) is 4.81. The van der Waals surface area contributed by atoms with Crippen LogP contribution in [0, 0.1) is 0 Å². The van der Waals surface area contributed by atoms with Crippen LogP contribution in [-0.2, 0) is 4.79 Å². The molecule has 0 aromatic heterocycles. The molecule has 102 valence electrons. The van der Waals surface area contributed by atoms with Gasteiger partial charge in [-0.25, -0.2) is 0 Å². The number of hydrogen-bond donors (Lipinski definition) is 1. The Morgan fingerprint density at radius 3 is 2.63 bits per heavy atom. The second-order valence-electron chi connectivity index (χ2n) is 4.24. The van der Waals surface area contributed by atoms with E-state index in [1.54, 1.807) is 36.2 Å². The second kappa shape index (κ2) is 6.95. The Kier molecular flexibility index (Phi) is 5.57. The summed E-state index contributed by atoms with van der Waals surface area (Å²) in [7, 11) is 3.66. The quantitative estimate of drug-likeness (QED) is 0.666. The lowest BCUT2D eigenvalue weighted by atomic mass is 10.1. The Bertz CT molecular complexity index is 510. The first kappa shape index (κ1) is 15.2. The van der Waals surface area contributed by atoms with E-state index in [1.165, 1.54) is 6.08 Å². The molecule has 0 aliphatic carbocycles. The van der Waals surface area contributed by atoms with Crippen LogP contribution in [0.5, 0.6) is 0 Å². The van der Waals surface area contributed by atoms with Gasteiger partial charge in [-0.15, -0.1) is 0 Å². The van der Waals surface area contributed by atoms with Crippen molar-refractivity contribution in [2.45, 2.75) is 13.3 Å². The molecule has 0 atom stereocenters. The second-order valence-corrected chi connectivity index (χ2v) is 4.65. The third-order valence-corrected chi connectivity index (χ3v) is 2.70. The topological polar surface area (TPSA) is 49.4 Å². The SMILES string of the molecule is CCC(=O)Nc1cc(C(=O)C=CN(C)C)ccc1Cl. The number of ketones is 1. The van der Waals surface area contributed by atoms with E-state index in [4.69, 9.17) is 11.6 Å². The summed E-state index contributed by atoms with van der Waals surface area (Å²) in [5.41, 5.74) is 0.937. The van der Waals surface area contributed by atoms with E-state index >= 15 is 0 Å². The van der Waals surface area contributed by atoms with Gasteiger partial charge in [0.15, 0.2) is 5.78 Å². The molecule has 1 rings (SSSR count). The van der Waals surface area contributed by atoms with E-state index in [-0.39, 0.29) is 11.7 Å². The number of carbonyl (C=O) groups excluding carboxylic acids is 2. The zero-order valence-electron chi connectivity index (χ0n) is 11.2. The van der Waals surface area contributed by atoms with Crippen LogP contribution in [0.3, 0.4) is 0 Å². The molecule has 4 nitrogen and oxygen atoms in total. The van der Waals surface area contributed by atoms with Gasteiger partial charge in [0.1, 0.15) is 0 Å². The van der Waals surface area contributed by atoms with E-state index in [0.29, 0.717) is 22.7 Å². The number of benzene rings is 1. The lowest BCUT2D eigenvalue weighted by Gasteiger charge is -2.08. The van der Waals surface area contributed by atoms with Gasteiger partial charge in [0, 0.05) is 38.4 Å². The van der Waals surface area contributed by atoms with Crippen LogP contribution in [0.2, 0.25) is 5.02 Å². The number of allylic oxidation sites excluding steroid dienone is 1. The molecule has 0 aliphatic rings. The monoisotopic (exact) mass is 280 g/mol. The van der Waals surface area contributed by atoms with Crippen molar-refractivity contribution in [3.05, 3.63) is 41.1 Å². The Morgan fingerprint density at radius 1 is 1.37 bits per heavy atom. The maximum atomic E-state index is 11.9. The zero-order valence-corrected chi connectivity index (χ0v) is 12.0. The van der Waals surface area contributed by atoms with Crippen molar-refractivity contribution in [2.24, 2.45) is 0 Å². The standard InChI is InChI=1S/C14H17ClN2O2/c1-4-14(19)16-12-9-10(5-6-11(12)15)13(18)7-8-17(2)3/h5-9H,4H2,1-3H3,(H,16,19). The van der Waals surface area contributed by atoms with E-state index in [9.17, 15) is 9.59 Å². The normalized spacial score (nSPS) is 10.5. The summed E-state index contributed by atoms with van der Waals surface area (Å²) >= 11 is 5.98. The summed E-state index contributed by atoms with van der Waals surface area (Å²) in [4.78, 5) is 25.0. The third-order valence-electron chi connectivity index (χ3n) is 2.37. The van der Waals surface area contributed by atoms with Crippen LogP contribution in [0.15, 0.2) is 30.5 Å². The van der Waals surface area contributed by atoms with Gasteiger partial charge in [-0.1, -0.05) is 18.5 Å². The minimum atomic E-state index is -0.143. The van der Waals surface area contributed by atoms with Crippen molar-refractivity contribution in [1.29, 1.82) is 0 Å². The molecule has 19 heavy (non-hydrogen) atoms. The molecule has 0 aliphatic heterocycles. The smallest absolute Gasteiger partial charge is 0.224 e. The molecular weight excluding hydrogens is 264 g/mol. The molecule has 0 radical (unpaired) electrons. The highest BCUT2D eigenvalue weighted by molar-refractivity contribution is 6.34. The average molecular weight is 281 g/mol. The van der Waals surface area contributed by atoms with Crippen molar-refractivity contribution in [3.63, 3.8) is 0 Å². The molecule has 0 unspecified atom stereocenters. The van der Waals surface area contributed by atoms with Crippen LogP contribution in [-0.4, -0.2) is 30.7 Å². The van der Waals surface area contributed by atoms with E-state index in [0.717, 1.165) is 0 Å². The van der Waals surface area contributed by atoms with Crippen LogP contribution >= 0.6 is 11.6 Å². The molecule has 0 saturated heterocycles. The van der Waals surface area contributed by atoms with Crippen molar-refractivity contribution in [3.8, 4) is 0 Å². The first-order valence-corrected chi connectivity index (χ1v) is 6.30. The van der Waals surface area contributed by atoms with Crippen LogP contribution < -0.4 is 5.32 Å². The van der Waals surface area contributed by atoms with Crippen LogP contribution in [0.25, 0.3) is 0 Å². The van der Waals surface area contributed by atoms with Crippen molar-refractivity contribution in [2.75, 3.05) is 19.4 Å². The fourth-order valence-corrected chi connectivity index (χ4v) is 1.49. The number of nitrogens with one attached hydrogen (secondary N) is 1. The molecule has 1 aromatic rings. The van der Waals surface area contributed by atoms with E-state index in [1.807, 2.05) is 14.1 Å². The Labute approximate surface area is 118 Å². The summed E-state index contributed by atoms with van der Waals surface area (Å²) in [5, 5.41) is 3.07. The predicted octanol–water partition coefficient (Wildman–Crippen LogP) is 2.95. The predicted molar refractivity (Wildman–Crippen MR) is 77.5 cm³/mol. The first-order chi connectivity index (χ1) is 8.93. The van der Waals surface area contributed by atoms with Crippen molar-refractivity contribution >= 4 is 29.0 Å². The molecule has 0 spiro atoms. The minimum Gasteiger partial charge on any atom is -0.383 e. The van der Waals surface area contributed by atoms with Gasteiger partial charge in [-0.2, -0.15) is 0 Å². The lowest BCUT2D eigenvalue weighted by molar-refractivity contribution is -0.115. The summed E-state index contributed by atoms with van der Waals surface area (Å²) in [5.74, 6) is -0.285. The fourth-order valence-electron chi connectivity index (χ4n) is 1.33. The van der Waals surface area contributed by atoms with Gasteiger partial charge >= 0.3 is 0 Å². The van der Waals surface area contributed by atoms with E-state index < -0.39 is 0 Å². The maximum Gasteiger partial charge on any atom is 0.224 e. The summed E-state index contributed by atoms with van der Waals surface area (Å²) in [6.45, 7) is 1.75. The van der Waals surface area contributed by atoms with Gasteiger partial charge < -0.3 is 10.2 Å². The van der Waals surface area contributed by atoms with Gasteiger partial charge in [0.05, 0.1) is 10.7 Å². The van der Waals surface area contributed by atoms with Gasteiger partial charge in [0.2, 0.25) is 5.91 Å². The van der Waals surface area contributed by atoms with Crippen LogP contribution in [0.4, 0.5) is 5.69 Å². The van der Waals surface area contributed by atoms with Crippen molar-refractivity contribution < 1.29 is 9.59 Å². The number of nitrogens with zero attached hydrogens (tertiary/aromatic N) is 1. The number of anilines is 1. The number of amides is 1.